The smallest absolute Gasteiger partial charge is 0.146 e. The number of anilines is 1. The van der Waals surface area contributed by atoms with E-state index >= 15 is 0 Å². The Balaban J connectivity index is 2.25. The van der Waals surface area contributed by atoms with E-state index in [2.05, 4.69) is 19.2 Å². The molecular formula is C16H25FN2O. The zero-order chi connectivity index (χ0) is 14.8. The molecular weight excluding hydrogens is 255 g/mol. The molecule has 112 valence electrons. The van der Waals surface area contributed by atoms with Gasteiger partial charge in [-0.1, -0.05) is 26.0 Å². The Hall–Kier alpha value is -1.13. The Kier molecular flexibility index (Phi) is 4.66. The molecule has 4 heteroatoms. The zero-order valence-corrected chi connectivity index (χ0v) is 12.6. The highest BCUT2D eigenvalue weighted by Crippen LogP contribution is 2.30. The van der Waals surface area contributed by atoms with E-state index in [-0.39, 0.29) is 5.82 Å². The van der Waals surface area contributed by atoms with Crippen molar-refractivity contribution in [1.29, 1.82) is 0 Å². The molecule has 2 N–H and O–H groups in total. The highest BCUT2D eigenvalue weighted by atomic mass is 19.1. The Morgan fingerprint density at radius 2 is 2.20 bits per heavy atom. The van der Waals surface area contributed by atoms with Gasteiger partial charge in [-0.05, 0) is 31.4 Å². The summed E-state index contributed by atoms with van der Waals surface area (Å²) in [5.41, 5.74) is 0.862. The minimum absolute atomic E-state index is 0.203. The molecule has 0 bridgehead atoms. The summed E-state index contributed by atoms with van der Waals surface area (Å²) in [5.74, 6) is -0.203. The highest BCUT2D eigenvalue weighted by Gasteiger charge is 2.30. The second kappa shape index (κ2) is 6.10. The van der Waals surface area contributed by atoms with Crippen molar-refractivity contribution in [2.45, 2.75) is 51.8 Å². The molecule has 20 heavy (non-hydrogen) atoms. The number of piperidine rings is 1. The third-order valence-electron chi connectivity index (χ3n) is 3.76. The van der Waals surface area contributed by atoms with E-state index in [1.807, 2.05) is 17.9 Å². The van der Waals surface area contributed by atoms with Gasteiger partial charge in [0.2, 0.25) is 0 Å². The molecule has 2 rings (SSSR count). The monoisotopic (exact) mass is 280 g/mol. The first kappa shape index (κ1) is 15.3. The largest absolute Gasteiger partial charge is 0.388 e. The molecule has 1 atom stereocenters. The first-order valence-electron chi connectivity index (χ1n) is 7.37. The lowest BCUT2D eigenvalue weighted by molar-refractivity contribution is 0.0447. The molecule has 1 aliphatic rings. The minimum Gasteiger partial charge on any atom is -0.388 e. The number of rotatable bonds is 4. The summed E-state index contributed by atoms with van der Waals surface area (Å²) in [7, 11) is 0. The number of para-hydroxylation sites is 1. The standard InChI is InChI=1S/C16H25FN2O/c1-12(2)18-10-13-6-4-7-14(17)15(13)19-9-5-8-16(3,20)11-19/h4,6-7,12,18,20H,5,8-11H2,1-3H3. The Bertz CT molecular complexity index is 460. The third-order valence-corrected chi connectivity index (χ3v) is 3.76. The second-order valence-electron chi connectivity index (χ2n) is 6.31. The van der Waals surface area contributed by atoms with E-state index in [0.717, 1.165) is 24.9 Å². The van der Waals surface area contributed by atoms with Crippen LogP contribution in [0, 0.1) is 5.82 Å². The predicted octanol–water partition coefficient (Wildman–Crippen LogP) is 2.67. The molecule has 0 spiro atoms. The number of aliphatic hydroxyl groups is 1. The minimum atomic E-state index is -0.733. The van der Waals surface area contributed by atoms with Crippen LogP contribution in [-0.4, -0.2) is 29.8 Å². The first-order valence-corrected chi connectivity index (χ1v) is 7.37. The van der Waals surface area contributed by atoms with Gasteiger partial charge in [-0.25, -0.2) is 4.39 Å². The van der Waals surface area contributed by atoms with Crippen molar-refractivity contribution in [1.82, 2.24) is 5.32 Å². The van der Waals surface area contributed by atoms with Crippen molar-refractivity contribution >= 4 is 5.69 Å². The summed E-state index contributed by atoms with van der Waals surface area (Å²) < 4.78 is 14.3. The van der Waals surface area contributed by atoms with Crippen molar-refractivity contribution in [3.8, 4) is 0 Å². The van der Waals surface area contributed by atoms with Gasteiger partial charge < -0.3 is 15.3 Å². The van der Waals surface area contributed by atoms with Crippen LogP contribution in [0.3, 0.4) is 0 Å². The average Bonchev–Trinajstić information content (AvgIpc) is 2.35. The van der Waals surface area contributed by atoms with Crippen LogP contribution in [0.2, 0.25) is 0 Å². The normalized spacial score (nSPS) is 23.4. The lowest BCUT2D eigenvalue weighted by Gasteiger charge is -2.39. The van der Waals surface area contributed by atoms with E-state index in [4.69, 9.17) is 0 Å². The Labute approximate surface area is 120 Å². The van der Waals surface area contributed by atoms with Gasteiger partial charge in [-0.2, -0.15) is 0 Å². The van der Waals surface area contributed by atoms with Crippen LogP contribution < -0.4 is 10.2 Å². The predicted molar refractivity (Wildman–Crippen MR) is 80.4 cm³/mol. The van der Waals surface area contributed by atoms with Gasteiger partial charge in [0.05, 0.1) is 11.3 Å². The molecule has 1 heterocycles. The van der Waals surface area contributed by atoms with Crippen molar-refractivity contribution < 1.29 is 9.50 Å². The highest BCUT2D eigenvalue weighted by molar-refractivity contribution is 5.55. The number of benzene rings is 1. The number of halogens is 1. The molecule has 0 aliphatic carbocycles. The summed E-state index contributed by atoms with van der Waals surface area (Å²) in [6.07, 6.45) is 1.66. The molecule has 0 aromatic heterocycles. The number of nitrogens with zero attached hydrogens (tertiary/aromatic N) is 1. The maximum atomic E-state index is 14.3. The van der Waals surface area contributed by atoms with Crippen molar-refractivity contribution in [3.05, 3.63) is 29.6 Å². The molecule has 0 radical (unpaired) electrons. The van der Waals surface area contributed by atoms with E-state index < -0.39 is 5.60 Å². The van der Waals surface area contributed by atoms with E-state index in [1.165, 1.54) is 6.07 Å². The fraction of sp³-hybridized carbons (Fsp3) is 0.625. The van der Waals surface area contributed by atoms with E-state index in [0.29, 0.717) is 24.8 Å². The number of nitrogens with one attached hydrogen (secondary N) is 1. The molecule has 0 amide bonds. The van der Waals surface area contributed by atoms with Gasteiger partial charge in [0.15, 0.2) is 0 Å². The molecule has 1 saturated heterocycles. The molecule has 1 fully saturated rings. The fourth-order valence-electron chi connectivity index (χ4n) is 2.78. The summed E-state index contributed by atoms with van der Waals surface area (Å²) in [5, 5.41) is 13.6. The SMILES string of the molecule is CC(C)NCc1cccc(F)c1N1CCCC(C)(O)C1. The number of β-amino-alcohol motifs (C(OH)–C–C–N with tert-alkyl or cyclic N) is 1. The van der Waals surface area contributed by atoms with E-state index in [1.54, 1.807) is 6.07 Å². The maximum absolute atomic E-state index is 14.3. The van der Waals surface area contributed by atoms with Gasteiger partial charge in [0.25, 0.3) is 0 Å². The van der Waals surface area contributed by atoms with E-state index in [9.17, 15) is 9.50 Å². The number of hydrogen-bond donors (Lipinski definition) is 2. The maximum Gasteiger partial charge on any atom is 0.146 e. The molecule has 3 nitrogen and oxygen atoms in total. The lowest BCUT2D eigenvalue weighted by atomic mass is 9.94. The van der Waals surface area contributed by atoms with Crippen LogP contribution in [0.5, 0.6) is 0 Å². The Morgan fingerprint density at radius 1 is 1.45 bits per heavy atom. The average molecular weight is 280 g/mol. The second-order valence-corrected chi connectivity index (χ2v) is 6.31. The summed E-state index contributed by atoms with van der Waals surface area (Å²) >= 11 is 0. The van der Waals surface area contributed by atoms with Crippen LogP contribution in [0.1, 0.15) is 39.2 Å². The lowest BCUT2D eigenvalue weighted by Crippen LogP contribution is -2.47. The Morgan fingerprint density at radius 3 is 2.85 bits per heavy atom. The topological polar surface area (TPSA) is 35.5 Å². The molecule has 0 saturated carbocycles. The van der Waals surface area contributed by atoms with Crippen LogP contribution >= 0.6 is 0 Å². The summed E-state index contributed by atoms with van der Waals surface area (Å²) in [6, 6.07) is 5.56. The van der Waals surface area contributed by atoms with Gasteiger partial charge in [0.1, 0.15) is 5.82 Å². The van der Waals surface area contributed by atoms with Gasteiger partial charge in [-0.15, -0.1) is 0 Å². The third kappa shape index (κ3) is 3.70. The fourth-order valence-corrected chi connectivity index (χ4v) is 2.78. The zero-order valence-electron chi connectivity index (χ0n) is 12.6. The van der Waals surface area contributed by atoms with Crippen LogP contribution in [0.15, 0.2) is 18.2 Å². The molecule has 1 aromatic rings. The summed E-state index contributed by atoms with van der Waals surface area (Å²) in [6.45, 7) is 7.90. The molecule has 1 unspecified atom stereocenters. The van der Waals surface area contributed by atoms with Crippen molar-refractivity contribution in [2.75, 3.05) is 18.0 Å². The molecule has 1 aromatic carbocycles. The van der Waals surface area contributed by atoms with Crippen molar-refractivity contribution in [2.24, 2.45) is 0 Å². The number of hydrogen-bond acceptors (Lipinski definition) is 3. The molecule has 1 aliphatic heterocycles. The van der Waals surface area contributed by atoms with Crippen molar-refractivity contribution in [3.63, 3.8) is 0 Å². The summed E-state index contributed by atoms with van der Waals surface area (Å²) in [4.78, 5) is 1.98. The van der Waals surface area contributed by atoms with Gasteiger partial charge >= 0.3 is 0 Å². The van der Waals surface area contributed by atoms with Crippen LogP contribution in [0.4, 0.5) is 10.1 Å². The van der Waals surface area contributed by atoms with Gasteiger partial charge in [0, 0.05) is 25.7 Å². The van der Waals surface area contributed by atoms with Gasteiger partial charge in [-0.3, -0.25) is 0 Å². The first-order chi connectivity index (χ1) is 9.39. The quantitative estimate of drug-likeness (QED) is 0.890. The van der Waals surface area contributed by atoms with Crippen LogP contribution in [-0.2, 0) is 6.54 Å². The van der Waals surface area contributed by atoms with Crippen LogP contribution in [0.25, 0.3) is 0 Å².